The average molecular weight is 338 g/mol. The molecule has 0 aromatic rings. The van der Waals surface area contributed by atoms with Gasteiger partial charge in [0.1, 0.15) is 11.9 Å². The van der Waals surface area contributed by atoms with Gasteiger partial charge in [-0.05, 0) is 49.6 Å². The van der Waals surface area contributed by atoms with E-state index in [1.165, 1.54) is 5.57 Å². The molecule has 132 valence electrons. The summed E-state index contributed by atoms with van der Waals surface area (Å²) in [5.41, 5.74) is 2.32. The maximum atomic E-state index is 9.27. The Morgan fingerprint density at radius 2 is 2.12 bits per heavy atom. The number of fused-ring (bicyclic) bond motifs is 1. The van der Waals surface area contributed by atoms with Gasteiger partial charge in [-0.2, -0.15) is 0 Å². The number of aliphatic hydroxyl groups excluding tert-OH is 1. The van der Waals surface area contributed by atoms with Crippen LogP contribution in [0.3, 0.4) is 0 Å². The van der Waals surface area contributed by atoms with E-state index < -0.39 is 0 Å². The predicted octanol–water partition coefficient (Wildman–Crippen LogP) is 2.90. The van der Waals surface area contributed by atoms with Crippen LogP contribution in [0.1, 0.15) is 19.3 Å². The van der Waals surface area contributed by atoms with Gasteiger partial charge in [-0.1, -0.05) is 30.4 Å². The number of hydrogen-bond donors (Lipinski definition) is 2. The smallest absolute Gasteiger partial charge is 0.106 e. The molecule has 25 heavy (non-hydrogen) atoms. The number of rotatable bonds is 4. The molecular formula is C21H26N2O2. The Kier molecular flexibility index (Phi) is 4.99. The number of ether oxygens (including phenoxy) is 1. The lowest BCUT2D eigenvalue weighted by Crippen LogP contribution is -2.34. The van der Waals surface area contributed by atoms with Gasteiger partial charge in [-0.15, -0.1) is 0 Å². The highest BCUT2D eigenvalue weighted by molar-refractivity contribution is 5.69. The van der Waals surface area contributed by atoms with Gasteiger partial charge in [-0.25, -0.2) is 0 Å². The molecule has 1 fully saturated rings. The Balaban J connectivity index is 1.55. The molecule has 3 unspecified atom stereocenters. The van der Waals surface area contributed by atoms with Gasteiger partial charge in [0.15, 0.2) is 0 Å². The van der Waals surface area contributed by atoms with Crippen molar-refractivity contribution in [2.24, 2.45) is 22.7 Å². The zero-order valence-electron chi connectivity index (χ0n) is 14.5. The van der Waals surface area contributed by atoms with Gasteiger partial charge in [0.05, 0.1) is 12.5 Å². The summed E-state index contributed by atoms with van der Waals surface area (Å²) in [6.07, 6.45) is 20.4. The van der Waals surface area contributed by atoms with E-state index in [4.69, 9.17) is 4.74 Å². The number of nitrogens with zero attached hydrogens (tertiary/aromatic N) is 1. The zero-order chi connectivity index (χ0) is 17.1. The lowest BCUT2D eigenvalue weighted by atomic mass is 9.78. The Morgan fingerprint density at radius 3 is 2.88 bits per heavy atom. The van der Waals surface area contributed by atoms with Crippen LogP contribution in [0.4, 0.5) is 0 Å². The molecule has 2 aliphatic heterocycles. The normalized spacial score (nSPS) is 31.9. The van der Waals surface area contributed by atoms with E-state index in [1.54, 1.807) is 0 Å². The molecule has 0 aromatic heterocycles. The Bertz CT molecular complexity index is 678. The maximum absolute atomic E-state index is 9.27. The predicted molar refractivity (Wildman–Crippen MR) is 100 cm³/mol. The van der Waals surface area contributed by atoms with Crippen LogP contribution in [-0.4, -0.2) is 37.1 Å². The zero-order valence-corrected chi connectivity index (χ0v) is 14.5. The number of allylic oxidation sites excluding steroid dienone is 7. The van der Waals surface area contributed by atoms with Crippen LogP contribution >= 0.6 is 0 Å². The average Bonchev–Trinajstić information content (AvgIpc) is 2.69. The van der Waals surface area contributed by atoms with E-state index >= 15 is 0 Å². The Hall–Kier alpha value is -1.91. The second-order valence-corrected chi connectivity index (χ2v) is 7.16. The molecule has 3 atom stereocenters. The van der Waals surface area contributed by atoms with Crippen LogP contribution < -0.4 is 5.32 Å². The van der Waals surface area contributed by atoms with E-state index in [9.17, 15) is 5.11 Å². The van der Waals surface area contributed by atoms with E-state index in [0.717, 1.165) is 43.7 Å². The highest BCUT2D eigenvalue weighted by Crippen LogP contribution is 2.37. The summed E-state index contributed by atoms with van der Waals surface area (Å²) in [6.45, 7) is 2.18. The molecule has 4 nitrogen and oxygen atoms in total. The van der Waals surface area contributed by atoms with Crippen LogP contribution in [0.25, 0.3) is 0 Å². The third-order valence-electron chi connectivity index (χ3n) is 5.45. The summed E-state index contributed by atoms with van der Waals surface area (Å²) in [6, 6.07) is 0. The summed E-state index contributed by atoms with van der Waals surface area (Å²) in [4.78, 5) is 4.34. The van der Waals surface area contributed by atoms with Crippen LogP contribution in [0.15, 0.2) is 64.6 Å². The molecule has 0 saturated carbocycles. The second-order valence-electron chi connectivity index (χ2n) is 7.16. The molecular weight excluding hydrogens is 312 g/mol. The van der Waals surface area contributed by atoms with Crippen molar-refractivity contribution < 1.29 is 9.84 Å². The van der Waals surface area contributed by atoms with Crippen molar-refractivity contribution in [3.05, 3.63) is 59.6 Å². The van der Waals surface area contributed by atoms with E-state index in [0.29, 0.717) is 17.9 Å². The molecule has 1 saturated heterocycles. The molecule has 4 rings (SSSR count). The Morgan fingerprint density at radius 1 is 1.24 bits per heavy atom. The minimum absolute atomic E-state index is 0.117. The van der Waals surface area contributed by atoms with Crippen molar-refractivity contribution in [3.63, 3.8) is 0 Å². The summed E-state index contributed by atoms with van der Waals surface area (Å²) in [5, 5.41) is 12.7. The summed E-state index contributed by atoms with van der Waals surface area (Å²) in [7, 11) is 0. The molecule has 2 heterocycles. The fourth-order valence-corrected chi connectivity index (χ4v) is 3.94. The highest BCUT2D eigenvalue weighted by Gasteiger charge is 2.31. The summed E-state index contributed by atoms with van der Waals surface area (Å²) >= 11 is 0. The minimum atomic E-state index is 0.117. The molecule has 0 bridgehead atoms. The lowest BCUT2D eigenvalue weighted by molar-refractivity contribution is 0.0727. The van der Waals surface area contributed by atoms with Crippen molar-refractivity contribution in [2.45, 2.75) is 25.4 Å². The third-order valence-corrected chi connectivity index (χ3v) is 5.45. The molecule has 0 aromatic carbocycles. The van der Waals surface area contributed by atoms with Crippen LogP contribution in [0.2, 0.25) is 0 Å². The fourth-order valence-electron chi connectivity index (χ4n) is 3.94. The minimum Gasteiger partial charge on any atom is -0.494 e. The van der Waals surface area contributed by atoms with E-state index in [1.807, 2.05) is 18.5 Å². The monoisotopic (exact) mass is 338 g/mol. The molecule has 0 radical (unpaired) electrons. The van der Waals surface area contributed by atoms with Gasteiger partial charge < -0.3 is 15.2 Å². The van der Waals surface area contributed by atoms with Crippen LogP contribution in [-0.2, 0) is 4.74 Å². The number of aliphatic imine (C=N–C) groups is 1. The number of piperidine rings is 1. The highest BCUT2D eigenvalue weighted by atomic mass is 16.5. The summed E-state index contributed by atoms with van der Waals surface area (Å²) in [5.74, 6) is 1.97. The van der Waals surface area contributed by atoms with Crippen molar-refractivity contribution in [3.8, 4) is 0 Å². The van der Waals surface area contributed by atoms with Crippen LogP contribution in [0.5, 0.6) is 0 Å². The van der Waals surface area contributed by atoms with Gasteiger partial charge >= 0.3 is 0 Å². The van der Waals surface area contributed by atoms with Gasteiger partial charge in [0.2, 0.25) is 0 Å². The first kappa shape index (κ1) is 16.6. The third kappa shape index (κ3) is 3.70. The van der Waals surface area contributed by atoms with Gasteiger partial charge in [0, 0.05) is 24.3 Å². The lowest BCUT2D eigenvalue weighted by Gasteiger charge is -2.34. The van der Waals surface area contributed by atoms with Crippen LogP contribution in [0, 0.1) is 17.8 Å². The first-order valence-electron chi connectivity index (χ1n) is 9.32. The molecule has 4 aliphatic rings. The molecule has 2 aliphatic carbocycles. The second kappa shape index (κ2) is 7.54. The van der Waals surface area contributed by atoms with Gasteiger partial charge in [0.25, 0.3) is 0 Å². The summed E-state index contributed by atoms with van der Waals surface area (Å²) < 4.78 is 6.44. The van der Waals surface area contributed by atoms with Crippen molar-refractivity contribution in [1.82, 2.24) is 5.32 Å². The first-order valence-corrected chi connectivity index (χ1v) is 9.32. The van der Waals surface area contributed by atoms with Gasteiger partial charge in [-0.3, -0.25) is 4.99 Å². The first-order chi connectivity index (χ1) is 12.3. The topological polar surface area (TPSA) is 53.9 Å². The quantitative estimate of drug-likeness (QED) is 0.829. The number of nitrogens with one attached hydrogen (secondary N) is 1. The Labute approximate surface area is 149 Å². The van der Waals surface area contributed by atoms with Crippen molar-refractivity contribution >= 4 is 6.21 Å². The standard InChI is InChI=1S/C21H26N2O2/c24-14-15-1-3-16(4-2-15)18-11-17-5-8-23-13-20(17)21(12-18)25-19-6-9-22-10-7-19/h1-3,5,8,11-13,16-17,19-20,22,24H,4,6-7,9-10,14H2. The number of aliphatic hydroxyl groups is 1. The van der Waals surface area contributed by atoms with Crippen molar-refractivity contribution in [2.75, 3.05) is 19.7 Å². The van der Waals surface area contributed by atoms with E-state index in [2.05, 4.69) is 40.7 Å². The maximum Gasteiger partial charge on any atom is 0.106 e. The molecule has 4 heteroatoms. The van der Waals surface area contributed by atoms with Crippen molar-refractivity contribution in [1.29, 1.82) is 0 Å². The molecule has 2 N–H and O–H groups in total. The number of hydrogen-bond acceptors (Lipinski definition) is 4. The fraction of sp³-hybridized carbons (Fsp3) is 0.476. The van der Waals surface area contributed by atoms with E-state index in [-0.39, 0.29) is 12.5 Å². The largest absolute Gasteiger partial charge is 0.494 e. The molecule has 0 spiro atoms. The SMILES string of the molecule is OCC1=CCC(C2=CC3C=CN=CC3C(OC3CCNCC3)=C2)C=C1. The molecule has 0 amide bonds.